The van der Waals surface area contributed by atoms with Crippen molar-refractivity contribution >= 4 is 23.4 Å². The first kappa shape index (κ1) is 11.3. The lowest BCUT2D eigenvalue weighted by Crippen LogP contribution is -1.99. The first-order valence-corrected chi connectivity index (χ1v) is 4.35. The SMILES string of the molecule is COC(=O)CC#Cc1nc(Cl)cnc1N. The molecule has 0 unspecified atom stereocenters. The smallest absolute Gasteiger partial charge is 0.317 e. The van der Waals surface area contributed by atoms with Gasteiger partial charge < -0.3 is 10.5 Å². The molecule has 5 nitrogen and oxygen atoms in total. The highest BCUT2D eigenvalue weighted by molar-refractivity contribution is 6.29. The molecule has 0 saturated carbocycles. The number of carbonyl (C=O) groups is 1. The molecule has 1 rings (SSSR count). The lowest BCUT2D eigenvalue weighted by atomic mass is 10.3. The monoisotopic (exact) mass is 225 g/mol. The minimum Gasteiger partial charge on any atom is -0.468 e. The Hall–Kier alpha value is -1.80. The van der Waals surface area contributed by atoms with Gasteiger partial charge in [-0.15, -0.1) is 0 Å². The Balaban J connectivity index is 2.79. The van der Waals surface area contributed by atoms with Crippen molar-refractivity contribution in [1.29, 1.82) is 0 Å². The second kappa shape index (κ2) is 5.17. The van der Waals surface area contributed by atoms with E-state index in [-0.39, 0.29) is 23.1 Å². The van der Waals surface area contributed by atoms with E-state index in [1.807, 2.05) is 0 Å². The second-order valence-electron chi connectivity index (χ2n) is 2.48. The van der Waals surface area contributed by atoms with Crippen LogP contribution in [0.1, 0.15) is 12.1 Å². The number of nitrogens with zero attached hydrogens (tertiary/aromatic N) is 2. The van der Waals surface area contributed by atoms with Crippen molar-refractivity contribution in [3.63, 3.8) is 0 Å². The Morgan fingerprint density at radius 1 is 1.73 bits per heavy atom. The maximum absolute atomic E-state index is 10.7. The zero-order valence-corrected chi connectivity index (χ0v) is 8.71. The van der Waals surface area contributed by atoms with Gasteiger partial charge in [0, 0.05) is 0 Å². The number of nitrogen functional groups attached to an aromatic ring is 1. The van der Waals surface area contributed by atoms with Crippen molar-refractivity contribution in [2.75, 3.05) is 12.8 Å². The molecule has 0 fully saturated rings. The lowest BCUT2D eigenvalue weighted by molar-refractivity contribution is -0.139. The van der Waals surface area contributed by atoms with Crippen LogP contribution in [0.2, 0.25) is 5.15 Å². The number of aromatic nitrogens is 2. The Bertz CT molecular complexity index is 437. The molecule has 0 aromatic carbocycles. The molecule has 0 aliphatic carbocycles. The third-order valence-electron chi connectivity index (χ3n) is 1.44. The predicted octanol–water partition coefficient (Wildman–Crippen LogP) is 0.627. The van der Waals surface area contributed by atoms with E-state index in [1.54, 1.807) is 0 Å². The molecule has 0 atom stereocenters. The molecule has 0 radical (unpaired) electrons. The summed E-state index contributed by atoms with van der Waals surface area (Å²) in [6, 6.07) is 0. The van der Waals surface area contributed by atoms with Crippen LogP contribution < -0.4 is 5.73 Å². The van der Waals surface area contributed by atoms with E-state index in [1.165, 1.54) is 13.3 Å². The highest BCUT2D eigenvalue weighted by Crippen LogP contribution is 2.08. The maximum Gasteiger partial charge on any atom is 0.317 e. The molecule has 6 heteroatoms. The van der Waals surface area contributed by atoms with Crippen LogP contribution in [0.3, 0.4) is 0 Å². The molecule has 0 bridgehead atoms. The summed E-state index contributed by atoms with van der Waals surface area (Å²) >= 11 is 5.60. The van der Waals surface area contributed by atoms with Gasteiger partial charge >= 0.3 is 5.97 Å². The first-order chi connectivity index (χ1) is 7.13. The Kier molecular flexibility index (Phi) is 3.89. The van der Waals surface area contributed by atoms with Crippen molar-refractivity contribution < 1.29 is 9.53 Å². The lowest BCUT2D eigenvalue weighted by Gasteiger charge is -1.95. The predicted molar refractivity (Wildman–Crippen MR) is 55.0 cm³/mol. The molecule has 1 aromatic rings. The van der Waals surface area contributed by atoms with Gasteiger partial charge in [0.1, 0.15) is 11.6 Å². The fraction of sp³-hybridized carbons (Fsp3) is 0.222. The molecule has 78 valence electrons. The minimum atomic E-state index is -0.420. The van der Waals surface area contributed by atoms with Crippen LogP contribution in [0.25, 0.3) is 0 Å². The van der Waals surface area contributed by atoms with Crippen molar-refractivity contribution in [3.05, 3.63) is 17.0 Å². The maximum atomic E-state index is 10.7. The number of carbonyl (C=O) groups excluding carboxylic acids is 1. The average molecular weight is 226 g/mol. The number of methoxy groups -OCH3 is 1. The molecule has 0 aliphatic heterocycles. The normalized spacial score (nSPS) is 8.93. The first-order valence-electron chi connectivity index (χ1n) is 3.97. The van der Waals surface area contributed by atoms with Gasteiger partial charge in [0.15, 0.2) is 11.5 Å². The van der Waals surface area contributed by atoms with E-state index >= 15 is 0 Å². The number of hydrogen-bond donors (Lipinski definition) is 1. The molecule has 15 heavy (non-hydrogen) atoms. The minimum absolute atomic E-state index is 0.0237. The van der Waals surface area contributed by atoms with Gasteiger partial charge in [0.2, 0.25) is 0 Å². The number of ether oxygens (including phenoxy) is 1. The van der Waals surface area contributed by atoms with Gasteiger partial charge in [-0.05, 0) is 5.92 Å². The van der Waals surface area contributed by atoms with E-state index in [4.69, 9.17) is 17.3 Å². The molecule has 1 aromatic heterocycles. The number of esters is 1. The van der Waals surface area contributed by atoms with Gasteiger partial charge in [-0.3, -0.25) is 4.79 Å². The van der Waals surface area contributed by atoms with E-state index < -0.39 is 5.97 Å². The molecule has 0 saturated heterocycles. The van der Waals surface area contributed by atoms with E-state index in [9.17, 15) is 4.79 Å². The Labute approximate surface area is 91.6 Å². The van der Waals surface area contributed by atoms with Crippen molar-refractivity contribution in [3.8, 4) is 11.8 Å². The van der Waals surface area contributed by atoms with Crippen molar-refractivity contribution in [1.82, 2.24) is 9.97 Å². The van der Waals surface area contributed by atoms with E-state index in [2.05, 4.69) is 26.5 Å². The largest absolute Gasteiger partial charge is 0.468 e. The van der Waals surface area contributed by atoms with Gasteiger partial charge in [-0.25, -0.2) is 9.97 Å². The summed E-state index contributed by atoms with van der Waals surface area (Å²) < 4.78 is 4.41. The second-order valence-corrected chi connectivity index (χ2v) is 2.87. The number of nitrogens with two attached hydrogens (primary N) is 1. The summed E-state index contributed by atoms with van der Waals surface area (Å²) in [6.07, 6.45) is 1.30. The van der Waals surface area contributed by atoms with Crippen LogP contribution in [0.5, 0.6) is 0 Å². The summed E-state index contributed by atoms with van der Waals surface area (Å²) in [4.78, 5) is 18.3. The quantitative estimate of drug-likeness (QED) is 0.560. The third kappa shape index (κ3) is 3.44. The average Bonchev–Trinajstić information content (AvgIpc) is 2.23. The molecule has 1 heterocycles. The fourth-order valence-electron chi connectivity index (χ4n) is 0.741. The molecular weight excluding hydrogens is 218 g/mol. The zero-order valence-electron chi connectivity index (χ0n) is 7.95. The number of halogens is 1. The Morgan fingerprint density at radius 2 is 2.47 bits per heavy atom. The van der Waals surface area contributed by atoms with E-state index in [0.29, 0.717) is 0 Å². The van der Waals surface area contributed by atoms with Crippen LogP contribution in [-0.4, -0.2) is 23.0 Å². The molecule has 0 spiro atoms. The van der Waals surface area contributed by atoms with Crippen LogP contribution >= 0.6 is 11.6 Å². The highest BCUT2D eigenvalue weighted by atomic mass is 35.5. The van der Waals surface area contributed by atoms with Crippen LogP contribution in [-0.2, 0) is 9.53 Å². The summed E-state index contributed by atoms with van der Waals surface area (Å²) in [5, 5.41) is 0.201. The summed E-state index contributed by atoms with van der Waals surface area (Å²) in [5.41, 5.74) is 5.74. The van der Waals surface area contributed by atoms with Crippen LogP contribution in [0.15, 0.2) is 6.20 Å². The fourth-order valence-corrected chi connectivity index (χ4v) is 0.874. The molecular formula is C9H8ClN3O2. The highest BCUT2D eigenvalue weighted by Gasteiger charge is 2.00. The summed E-state index contributed by atoms with van der Waals surface area (Å²) in [6.45, 7) is 0. The molecule has 2 N–H and O–H groups in total. The zero-order chi connectivity index (χ0) is 11.3. The van der Waals surface area contributed by atoms with Gasteiger partial charge in [0.05, 0.1) is 13.3 Å². The summed E-state index contributed by atoms with van der Waals surface area (Å²) in [7, 11) is 1.29. The molecule has 0 amide bonds. The number of rotatable bonds is 1. The van der Waals surface area contributed by atoms with Crippen LogP contribution in [0.4, 0.5) is 5.82 Å². The van der Waals surface area contributed by atoms with Crippen molar-refractivity contribution in [2.45, 2.75) is 6.42 Å². The molecule has 0 aliphatic rings. The number of anilines is 1. The van der Waals surface area contributed by atoms with Crippen molar-refractivity contribution in [2.24, 2.45) is 0 Å². The van der Waals surface area contributed by atoms with Gasteiger partial charge in [0.25, 0.3) is 0 Å². The summed E-state index contributed by atoms with van der Waals surface area (Å²) in [5.74, 6) is 4.90. The van der Waals surface area contributed by atoms with Gasteiger partial charge in [-0.1, -0.05) is 17.5 Å². The standard InChI is InChI=1S/C9H8ClN3O2/c1-15-8(14)4-2-3-6-9(11)12-5-7(10)13-6/h5H,4H2,1H3,(H2,11,12). The number of hydrogen-bond acceptors (Lipinski definition) is 5. The Morgan fingerprint density at radius 3 is 3.13 bits per heavy atom. The van der Waals surface area contributed by atoms with E-state index in [0.717, 1.165) is 0 Å². The van der Waals surface area contributed by atoms with Crippen LogP contribution in [0, 0.1) is 11.8 Å². The van der Waals surface area contributed by atoms with Gasteiger partial charge in [-0.2, -0.15) is 0 Å². The third-order valence-corrected chi connectivity index (χ3v) is 1.62. The topological polar surface area (TPSA) is 78.1 Å².